The Hall–Kier alpha value is -1.52. The first-order valence-corrected chi connectivity index (χ1v) is 3.57. The average molecular weight is 187 g/mol. The predicted molar refractivity (Wildman–Crippen MR) is 42.9 cm³/mol. The van der Waals surface area contributed by atoms with Crippen molar-refractivity contribution in [2.75, 3.05) is 0 Å². The van der Waals surface area contributed by atoms with Gasteiger partial charge in [0.2, 0.25) is 6.20 Å². The number of allylic oxidation sites excluding steroid dienone is 5. The highest BCUT2D eigenvalue weighted by molar-refractivity contribution is 5.26. The van der Waals surface area contributed by atoms with Crippen LogP contribution in [0.4, 0.5) is 8.78 Å². The van der Waals surface area contributed by atoms with Crippen molar-refractivity contribution in [3.63, 3.8) is 0 Å². The third-order valence-electron chi connectivity index (χ3n) is 1.56. The monoisotopic (exact) mass is 187 g/mol. The van der Waals surface area contributed by atoms with Gasteiger partial charge in [-0.3, -0.25) is 10.1 Å². The molecule has 0 saturated carbocycles. The topological polar surface area (TPSA) is 43.1 Å². The van der Waals surface area contributed by atoms with E-state index in [1.165, 1.54) is 6.08 Å². The Morgan fingerprint density at radius 2 is 2.38 bits per heavy atom. The minimum atomic E-state index is -2.06. The molecule has 1 atom stereocenters. The third-order valence-corrected chi connectivity index (χ3v) is 1.56. The Balaban J connectivity index is 2.74. The zero-order chi connectivity index (χ0) is 9.90. The van der Waals surface area contributed by atoms with Crippen molar-refractivity contribution in [1.82, 2.24) is 0 Å². The largest absolute Gasteiger partial charge is 0.259 e. The SMILES string of the molecule is O=[N+]([O-])C=CC1(F)C=CC=C(F)C1. The van der Waals surface area contributed by atoms with Gasteiger partial charge in [-0.15, -0.1) is 0 Å². The number of alkyl halides is 1. The third kappa shape index (κ3) is 2.77. The maximum atomic E-state index is 13.4. The van der Waals surface area contributed by atoms with Gasteiger partial charge in [-0.25, -0.2) is 8.78 Å². The summed E-state index contributed by atoms with van der Waals surface area (Å²) in [5.41, 5.74) is -2.06. The molecule has 0 heterocycles. The van der Waals surface area contributed by atoms with Crippen molar-refractivity contribution < 1.29 is 13.7 Å². The summed E-state index contributed by atoms with van der Waals surface area (Å²) in [6, 6.07) is 0. The van der Waals surface area contributed by atoms with E-state index in [1.54, 1.807) is 0 Å². The van der Waals surface area contributed by atoms with E-state index < -0.39 is 22.8 Å². The fourth-order valence-electron chi connectivity index (χ4n) is 0.988. The quantitative estimate of drug-likeness (QED) is 0.491. The molecular formula is C8H7F2NO2. The van der Waals surface area contributed by atoms with Gasteiger partial charge in [-0.05, 0) is 12.2 Å². The molecule has 1 aliphatic carbocycles. The zero-order valence-electron chi connectivity index (χ0n) is 6.61. The van der Waals surface area contributed by atoms with Crippen LogP contribution in [0.2, 0.25) is 0 Å². The van der Waals surface area contributed by atoms with E-state index in [-0.39, 0.29) is 0 Å². The van der Waals surface area contributed by atoms with Gasteiger partial charge in [0, 0.05) is 12.5 Å². The fourth-order valence-corrected chi connectivity index (χ4v) is 0.988. The van der Waals surface area contributed by atoms with E-state index in [4.69, 9.17) is 0 Å². The van der Waals surface area contributed by atoms with Crippen molar-refractivity contribution >= 4 is 0 Å². The van der Waals surface area contributed by atoms with E-state index in [2.05, 4.69) is 0 Å². The van der Waals surface area contributed by atoms with Gasteiger partial charge in [-0.1, -0.05) is 6.08 Å². The molecule has 0 saturated heterocycles. The lowest BCUT2D eigenvalue weighted by Crippen LogP contribution is -2.18. The molecule has 0 fully saturated rings. The summed E-state index contributed by atoms with van der Waals surface area (Å²) in [5, 5.41) is 9.89. The molecule has 0 aromatic carbocycles. The molecule has 0 aromatic heterocycles. The Labute approximate surface area is 73.2 Å². The van der Waals surface area contributed by atoms with E-state index in [0.29, 0.717) is 6.20 Å². The first-order chi connectivity index (χ1) is 6.02. The summed E-state index contributed by atoms with van der Waals surface area (Å²) in [4.78, 5) is 9.10. The van der Waals surface area contributed by atoms with E-state index in [0.717, 1.165) is 18.2 Å². The molecule has 0 aliphatic heterocycles. The van der Waals surface area contributed by atoms with E-state index in [9.17, 15) is 18.9 Å². The molecule has 0 spiro atoms. The van der Waals surface area contributed by atoms with Crippen LogP contribution in [-0.2, 0) is 0 Å². The number of hydrogen-bond donors (Lipinski definition) is 0. The molecule has 0 amide bonds. The van der Waals surface area contributed by atoms with Crippen LogP contribution >= 0.6 is 0 Å². The van der Waals surface area contributed by atoms with Crippen molar-refractivity contribution in [1.29, 1.82) is 0 Å². The highest BCUT2D eigenvalue weighted by atomic mass is 19.1. The standard InChI is InChI=1S/C8H7F2NO2/c9-7-2-1-3-8(10,6-7)4-5-11(12)13/h1-5H,6H2. The van der Waals surface area contributed by atoms with Gasteiger partial charge in [0.1, 0.15) is 5.83 Å². The van der Waals surface area contributed by atoms with Gasteiger partial charge in [0.25, 0.3) is 0 Å². The smallest absolute Gasteiger partial charge is 0.234 e. The number of rotatable bonds is 2. The molecule has 1 unspecified atom stereocenters. The van der Waals surface area contributed by atoms with E-state index >= 15 is 0 Å². The fraction of sp³-hybridized carbons (Fsp3) is 0.250. The minimum Gasteiger partial charge on any atom is -0.259 e. The summed E-state index contributed by atoms with van der Waals surface area (Å²) < 4.78 is 26.0. The maximum absolute atomic E-state index is 13.4. The average Bonchev–Trinajstić information content (AvgIpc) is 2.01. The van der Waals surface area contributed by atoms with Gasteiger partial charge < -0.3 is 0 Å². The van der Waals surface area contributed by atoms with Crippen LogP contribution in [0.1, 0.15) is 6.42 Å². The number of hydrogen-bond acceptors (Lipinski definition) is 2. The van der Waals surface area contributed by atoms with E-state index in [1.807, 2.05) is 0 Å². The lowest BCUT2D eigenvalue weighted by Gasteiger charge is -2.17. The number of nitro groups is 1. The number of nitrogens with zero attached hydrogens (tertiary/aromatic N) is 1. The Morgan fingerprint density at radius 3 is 2.92 bits per heavy atom. The molecule has 0 radical (unpaired) electrons. The first kappa shape index (κ1) is 9.57. The molecule has 5 heteroatoms. The summed E-state index contributed by atoms with van der Waals surface area (Å²) >= 11 is 0. The van der Waals surface area contributed by atoms with Crippen molar-refractivity contribution in [2.24, 2.45) is 0 Å². The zero-order valence-corrected chi connectivity index (χ0v) is 6.61. The second-order valence-corrected chi connectivity index (χ2v) is 2.68. The van der Waals surface area contributed by atoms with Crippen LogP contribution in [0, 0.1) is 10.1 Å². The lowest BCUT2D eigenvalue weighted by molar-refractivity contribution is -0.403. The summed E-state index contributed by atoms with van der Waals surface area (Å²) in [5.74, 6) is -0.627. The normalized spacial score (nSPS) is 27.7. The summed E-state index contributed by atoms with van der Waals surface area (Å²) in [6.45, 7) is 0. The molecule has 3 nitrogen and oxygen atoms in total. The highest BCUT2D eigenvalue weighted by Gasteiger charge is 2.28. The molecular weight excluding hydrogens is 180 g/mol. The van der Waals surface area contributed by atoms with Crippen LogP contribution < -0.4 is 0 Å². The van der Waals surface area contributed by atoms with Crippen LogP contribution in [-0.4, -0.2) is 10.6 Å². The van der Waals surface area contributed by atoms with Gasteiger partial charge in [-0.2, -0.15) is 0 Å². The van der Waals surface area contributed by atoms with Crippen LogP contribution in [0.25, 0.3) is 0 Å². The Morgan fingerprint density at radius 1 is 1.69 bits per heavy atom. The van der Waals surface area contributed by atoms with Crippen molar-refractivity contribution in [3.8, 4) is 0 Å². The molecule has 0 bridgehead atoms. The van der Waals surface area contributed by atoms with Crippen molar-refractivity contribution in [3.05, 3.63) is 46.4 Å². The summed E-state index contributed by atoms with van der Waals surface area (Å²) in [7, 11) is 0. The molecule has 1 aliphatic rings. The molecule has 0 aromatic rings. The highest BCUT2D eigenvalue weighted by Crippen LogP contribution is 2.28. The molecule has 0 N–H and O–H groups in total. The molecule has 70 valence electrons. The lowest BCUT2D eigenvalue weighted by atomic mass is 9.97. The second kappa shape index (κ2) is 3.47. The van der Waals surface area contributed by atoms with Crippen molar-refractivity contribution in [2.45, 2.75) is 12.1 Å². The van der Waals surface area contributed by atoms with Gasteiger partial charge in [0.15, 0.2) is 5.67 Å². The first-order valence-electron chi connectivity index (χ1n) is 3.57. The van der Waals surface area contributed by atoms with Crippen LogP contribution in [0.3, 0.4) is 0 Å². The molecule has 1 rings (SSSR count). The number of halogens is 2. The predicted octanol–water partition coefficient (Wildman–Crippen LogP) is 2.30. The Kier molecular flexibility index (Phi) is 2.55. The summed E-state index contributed by atoms with van der Waals surface area (Å²) in [6.07, 6.45) is 4.13. The molecule has 13 heavy (non-hydrogen) atoms. The van der Waals surface area contributed by atoms with Crippen LogP contribution in [0.5, 0.6) is 0 Å². The Bertz CT molecular complexity index is 309. The second-order valence-electron chi connectivity index (χ2n) is 2.68. The van der Waals surface area contributed by atoms with Crippen LogP contribution in [0.15, 0.2) is 36.3 Å². The maximum Gasteiger partial charge on any atom is 0.234 e. The minimum absolute atomic E-state index is 0.475. The van der Waals surface area contributed by atoms with Gasteiger partial charge >= 0.3 is 0 Å². The van der Waals surface area contributed by atoms with Gasteiger partial charge in [0.05, 0.1) is 4.92 Å².